The molecule has 0 unspecified atom stereocenters. The topological polar surface area (TPSA) is 58.1 Å². The molecule has 3 rings (SSSR count). The second-order valence-corrected chi connectivity index (χ2v) is 7.47. The third-order valence-electron chi connectivity index (χ3n) is 5.04. The quantitative estimate of drug-likeness (QED) is 0.911. The van der Waals surface area contributed by atoms with Crippen molar-refractivity contribution in [2.24, 2.45) is 5.92 Å². The Morgan fingerprint density at radius 2 is 1.50 bits per heavy atom. The van der Waals surface area contributed by atoms with E-state index in [1.54, 1.807) is 0 Å². The van der Waals surface area contributed by atoms with Crippen molar-refractivity contribution in [1.82, 2.24) is 9.97 Å². The van der Waals surface area contributed by atoms with Crippen molar-refractivity contribution in [3.63, 3.8) is 0 Å². The van der Waals surface area contributed by atoms with Gasteiger partial charge in [0.05, 0.1) is 0 Å². The molecule has 0 spiro atoms. The molecular formula is C21H28N4O. The zero-order valence-electron chi connectivity index (χ0n) is 16.4. The van der Waals surface area contributed by atoms with Gasteiger partial charge in [0.1, 0.15) is 0 Å². The van der Waals surface area contributed by atoms with Crippen LogP contribution in [0.4, 0.5) is 11.6 Å². The lowest BCUT2D eigenvalue weighted by molar-refractivity contribution is -0.120. The summed E-state index contributed by atoms with van der Waals surface area (Å²) in [5.41, 5.74) is 6.39. The highest BCUT2D eigenvalue weighted by Gasteiger charge is 2.27. The van der Waals surface area contributed by atoms with Gasteiger partial charge in [-0.1, -0.05) is 17.7 Å². The number of rotatable bonds is 3. The first kappa shape index (κ1) is 18.4. The van der Waals surface area contributed by atoms with Crippen molar-refractivity contribution >= 4 is 17.5 Å². The molecule has 0 atom stereocenters. The van der Waals surface area contributed by atoms with Crippen LogP contribution < -0.4 is 10.2 Å². The molecule has 26 heavy (non-hydrogen) atoms. The van der Waals surface area contributed by atoms with Gasteiger partial charge in [-0.25, -0.2) is 9.97 Å². The second kappa shape index (κ2) is 7.44. The highest BCUT2D eigenvalue weighted by molar-refractivity contribution is 5.94. The Hall–Kier alpha value is -2.43. The minimum Gasteiger partial charge on any atom is -0.341 e. The van der Waals surface area contributed by atoms with Crippen molar-refractivity contribution in [3.05, 3.63) is 46.3 Å². The molecule has 0 radical (unpaired) electrons. The zero-order chi connectivity index (χ0) is 18.8. The first-order chi connectivity index (χ1) is 12.3. The summed E-state index contributed by atoms with van der Waals surface area (Å²) in [5.74, 6) is 0.949. The molecule has 1 aliphatic rings. The maximum Gasteiger partial charge on any atom is 0.227 e. The Kier molecular flexibility index (Phi) is 5.25. The molecule has 2 heterocycles. The predicted octanol–water partition coefficient (Wildman–Crippen LogP) is 3.87. The first-order valence-electron chi connectivity index (χ1n) is 9.29. The molecule has 1 aromatic heterocycles. The van der Waals surface area contributed by atoms with Crippen LogP contribution in [0.5, 0.6) is 0 Å². The van der Waals surface area contributed by atoms with Gasteiger partial charge in [0, 0.05) is 36.1 Å². The Morgan fingerprint density at radius 3 is 2.04 bits per heavy atom. The summed E-state index contributed by atoms with van der Waals surface area (Å²) in [4.78, 5) is 24.0. The van der Waals surface area contributed by atoms with E-state index in [2.05, 4.69) is 53.1 Å². The molecule has 5 nitrogen and oxygen atoms in total. The van der Waals surface area contributed by atoms with Crippen LogP contribution in [0.3, 0.4) is 0 Å². The Labute approximate surface area is 155 Å². The number of aromatic nitrogens is 2. The van der Waals surface area contributed by atoms with Gasteiger partial charge in [-0.3, -0.25) is 4.79 Å². The van der Waals surface area contributed by atoms with Crippen molar-refractivity contribution in [2.45, 2.75) is 47.5 Å². The molecule has 1 aliphatic heterocycles. The molecule has 1 amide bonds. The van der Waals surface area contributed by atoms with Gasteiger partial charge in [-0.2, -0.15) is 0 Å². The largest absolute Gasteiger partial charge is 0.341 e. The lowest BCUT2D eigenvalue weighted by Crippen LogP contribution is -2.39. The van der Waals surface area contributed by atoms with E-state index in [0.717, 1.165) is 60.1 Å². The van der Waals surface area contributed by atoms with Crippen LogP contribution >= 0.6 is 0 Å². The molecule has 0 aliphatic carbocycles. The van der Waals surface area contributed by atoms with E-state index in [0.29, 0.717) is 0 Å². The number of carbonyl (C=O) groups excluding carboxylic acids is 1. The van der Waals surface area contributed by atoms with Crippen molar-refractivity contribution in [2.75, 3.05) is 23.3 Å². The fraction of sp³-hybridized carbons (Fsp3) is 0.476. The van der Waals surface area contributed by atoms with Crippen LogP contribution in [0.15, 0.2) is 18.2 Å². The monoisotopic (exact) mass is 352 g/mol. The van der Waals surface area contributed by atoms with Crippen LogP contribution in [0.1, 0.15) is 40.9 Å². The fourth-order valence-electron chi connectivity index (χ4n) is 3.79. The third-order valence-corrected chi connectivity index (χ3v) is 5.04. The average molecular weight is 352 g/mol. The molecule has 5 heteroatoms. The normalized spacial score (nSPS) is 15.2. The number of anilines is 2. The number of aryl methyl sites for hydroxylation is 5. The molecule has 2 aromatic rings. The molecule has 0 saturated carbocycles. The number of nitrogens with one attached hydrogen (secondary N) is 1. The highest BCUT2D eigenvalue weighted by Crippen LogP contribution is 2.26. The lowest BCUT2D eigenvalue weighted by atomic mass is 9.95. The number of nitrogens with zero attached hydrogens (tertiary/aromatic N) is 3. The SMILES string of the molecule is Cc1cc(C)c(NC(=O)C2CCN(c3nc(C)cc(C)n3)CC2)c(C)c1. The summed E-state index contributed by atoms with van der Waals surface area (Å²) >= 11 is 0. The highest BCUT2D eigenvalue weighted by atomic mass is 16.1. The first-order valence-corrected chi connectivity index (χ1v) is 9.29. The Balaban J connectivity index is 1.64. The van der Waals surface area contributed by atoms with Crippen LogP contribution in [0.25, 0.3) is 0 Å². The molecule has 1 aromatic carbocycles. The van der Waals surface area contributed by atoms with Gasteiger partial charge >= 0.3 is 0 Å². The number of carbonyl (C=O) groups is 1. The number of amides is 1. The minimum absolute atomic E-state index is 0.0391. The van der Waals surface area contributed by atoms with Crippen molar-refractivity contribution in [3.8, 4) is 0 Å². The summed E-state index contributed by atoms with van der Waals surface area (Å²) in [6.07, 6.45) is 1.65. The van der Waals surface area contributed by atoms with Gasteiger partial charge < -0.3 is 10.2 Å². The van der Waals surface area contributed by atoms with Gasteiger partial charge in [0.15, 0.2) is 0 Å². The zero-order valence-corrected chi connectivity index (χ0v) is 16.4. The summed E-state index contributed by atoms with van der Waals surface area (Å²) in [7, 11) is 0. The smallest absolute Gasteiger partial charge is 0.227 e. The number of hydrogen-bond donors (Lipinski definition) is 1. The molecule has 1 fully saturated rings. The molecule has 138 valence electrons. The van der Waals surface area contributed by atoms with E-state index >= 15 is 0 Å². The maximum absolute atomic E-state index is 12.7. The standard InChI is InChI=1S/C21H28N4O/c1-13-10-14(2)19(15(3)11-13)24-20(26)18-6-8-25(9-7-18)21-22-16(4)12-17(5)23-21/h10-12,18H,6-9H2,1-5H3,(H,24,26). The molecule has 1 saturated heterocycles. The van der Waals surface area contributed by atoms with Crippen LogP contribution in [0, 0.1) is 40.5 Å². The van der Waals surface area contributed by atoms with Gasteiger partial charge in [-0.15, -0.1) is 0 Å². The van der Waals surface area contributed by atoms with Crippen LogP contribution in [0.2, 0.25) is 0 Å². The van der Waals surface area contributed by atoms with Gasteiger partial charge in [0.25, 0.3) is 0 Å². The summed E-state index contributed by atoms with van der Waals surface area (Å²) < 4.78 is 0. The second-order valence-electron chi connectivity index (χ2n) is 7.47. The number of piperidine rings is 1. The fourth-order valence-corrected chi connectivity index (χ4v) is 3.79. The average Bonchev–Trinajstić information content (AvgIpc) is 2.57. The van der Waals surface area contributed by atoms with E-state index in [-0.39, 0.29) is 11.8 Å². The van der Waals surface area contributed by atoms with Gasteiger partial charge in [0.2, 0.25) is 11.9 Å². The summed E-state index contributed by atoms with van der Waals surface area (Å²) in [6, 6.07) is 6.21. The van der Waals surface area contributed by atoms with Crippen molar-refractivity contribution < 1.29 is 4.79 Å². The van der Waals surface area contributed by atoms with Crippen LogP contribution in [-0.2, 0) is 4.79 Å². The number of hydrogen-bond acceptors (Lipinski definition) is 4. The number of benzene rings is 1. The molecular weight excluding hydrogens is 324 g/mol. The van der Waals surface area contributed by atoms with E-state index in [1.165, 1.54) is 5.56 Å². The van der Waals surface area contributed by atoms with Crippen molar-refractivity contribution in [1.29, 1.82) is 0 Å². The van der Waals surface area contributed by atoms with Crippen LogP contribution in [-0.4, -0.2) is 29.0 Å². The lowest BCUT2D eigenvalue weighted by Gasteiger charge is -2.31. The van der Waals surface area contributed by atoms with E-state index < -0.39 is 0 Å². The third kappa shape index (κ3) is 4.03. The van der Waals surface area contributed by atoms with E-state index in [4.69, 9.17) is 0 Å². The predicted molar refractivity (Wildman–Crippen MR) is 106 cm³/mol. The Morgan fingerprint density at radius 1 is 0.962 bits per heavy atom. The van der Waals surface area contributed by atoms with E-state index in [1.807, 2.05) is 19.9 Å². The minimum atomic E-state index is 0.0391. The molecule has 1 N–H and O–H groups in total. The van der Waals surface area contributed by atoms with Gasteiger partial charge in [-0.05, 0) is 64.7 Å². The summed E-state index contributed by atoms with van der Waals surface area (Å²) in [5, 5.41) is 3.16. The molecule has 0 bridgehead atoms. The van der Waals surface area contributed by atoms with E-state index in [9.17, 15) is 4.79 Å². The summed E-state index contributed by atoms with van der Waals surface area (Å²) in [6.45, 7) is 11.8. The Bertz CT molecular complexity index is 780. The maximum atomic E-state index is 12.7.